The summed E-state index contributed by atoms with van der Waals surface area (Å²) in [5, 5.41) is 7.92. The molecule has 17 heavy (non-hydrogen) atoms. The highest BCUT2D eigenvalue weighted by Crippen LogP contribution is 2.11. The van der Waals surface area contributed by atoms with Gasteiger partial charge < -0.3 is 4.74 Å². The highest BCUT2D eigenvalue weighted by Gasteiger charge is 1.96. The van der Waals surface area contributed by atoms with Crippen LogP contribution in [0.4, 0.5) is 0 Å². The molecule has 0 aliphatic carbocycles. The quantitative estimate of drug-likeness (QED) is 0.301. The van der Waals surface area contributed by atoms with E-state index in [0.29, 0.717) is 13.0 Å². The van der Waals surface area contributed by atoms with Crippen molar-refractivity contribution in [3.05, 3.63) is 0 Å². The van der Waals surface area contributed by atoms with Crippen LogP contribution in [0.15, 0.2) is 0 Å². The number of hydrogen-bond donors (Lipinski definition) is 0. The van der Waals surface area contributed by atoms with Gasteiger partial charge in [-0.25, -0.2) is 0 Å². The summed E-state index contributed by atoms with van der Waals surface area (Å²) in [7, 11) is 0. The molecule has 0 radical (unpaired) electrons. The highest BCUT2D eigenvalue weighted by molar-refractivity contribution is 6.63. The maximum Gasteiger partial charge on any atom is 0.286 e. The standard InChI is InChI=1S/C13H22ClNO2/c14-13(16)10-8-6-4-2-1-3-5-7-9-11-17-12-15/h1-11H2. The van der Waals surface area contributed by atoms with E-state index in [1.165, 1.54) is 32.1 Å². The van der Waals surface area contributed by atoms with Gasteiger partial charge in [0.1, 0.15) is 6.61 Å². The first-order valence-electron chi connectivity index (χ1n) is 6.46. The number of unbranched alkanes of at least 4 members (excludes halogenated alkanes) is 8. The first kappa shape index (κ1) is 16.2. The molecule has 0 fully saturated rings. The zero-order valence-corrected chi connectivity index (χ0v) is 11.2. The van der Waals surface area contributed by atoms with Crippen molar-refractivity contribution in [1.29, 1.82) is 5.26 Å². The van der Waals surface area contributed by atoms with E-state index in [9.17, 15) is 4.79 Å². The van der Waals surface area contributed by atoms with Crippen LogP contribution in [0.3, 0.4) is 0 Å². The second kappa shape index (κ2) is 13.3. The zero-order valence-electron chi connectivity index (χ0n) is 10.4. The van der Waals surface area contributed by atoms with Gasteiger partial charge in [0.2, 0.25) is 5.24 Å². The Morgan fingerprint density at radius 3 is 1.88 bits per heavy atom. The molecule has 0 bridgehead atoms. The normalized spacial score (nSPS) is 9.88. The first-order chi connectivity index (χ1) is 8.27. The molecule has 4 heteroatoms. The minimum Gasteiger partial charge on any atom is -0.428 e. The average Bonchev–Trinajstić information content (AvgIpc) is 2.30. The van der Waals surface area contributed by atoms with E-state index in [4.69, 9.17) is 16.9 Å². The van der Waals surface area contributed by atoms with Crippen LogP contribution in [0.1, 0.15) is 64.2 Å². The second-order valence-corrected chi connectivity index (χ2v) is 4.65. The van der Waals surface area contributed by atoms with Gasteiger partial charge in [-0.3, -0.25) is 4.79 Å². The van der Waals surface area contributed by atoms with E-state index in [1.54, 1.807) is 6.26 Å². The highest BCUT2D eigenvalue weighted by atomic mass is 35.5. The molecule has 0 rings (SSSR count). The molecule has 0 aromatic rings. The number of halogens is 1. The Labute approximate surface area is 109 Å². The van der Waals surface area contributed by atoms with Crippen LogP contribution >= 0.6 is 11.6 Å². The molecule has 0 saturated heterocycles. The molecule has 0 unspecified atom stereocenters. The number of hydrogen-bond acceptors (Lipinski definition) is 3. The third-order valence-electron chi connectivity index (χ3n) is 2.68. The number of carbonyl (C=O) groups excluding carboxylic acids is 1. The fourth-order valence-electron chi connectivity index (χ4n) is 1.72. The van der Waals surface area contributed by atoms with Crippen molar-refractivity contribution in [1.82, 2.24) is 0 Å². The summed E-state index contributed by atoms with van der Waals surface area (Å²) in [6.07, 6.45) is 12.5. The molecule has 0 amide bonds. The summed E-state index contributed by atoms with van der Waals surface area (Å²) in [4.78, 5) is 10.5. The molecule has 0 aliphatic heterocycles. The Balaban J connectivity index is 2.94. The predicted molar refractivity (Wildman–Crippen MR) is 68.6 cm³/mol. The summed E-state index contributed by atoms with van der Waals surface area (Å²) in [6, 6.07) is 0. The number of nitrogens with zero attached hydrogens (tertiary/aromatic N) is 1. The van der Waals surface area contributed by atoms with Crippen molar-refractivity contribution in [2.45, 2.75) is 64.2 Å². The van der Waals surface area contributed by atoms with Gasteiger partial charge in [0, 0.05) is 6.42 Å². The number of rotatable bonds is 12. The van der Waals surface area contributed by atoms with Crippen molar-refractivity contribution in [2.24, 2.45) is 0 Å². The van der Waals surface area contributed by atoms with Crippen LogP contribution in [0.25, 0.3) is 0 Å². The lowest BCUT2D eigenvalue weighted by atomic mass is 10.1. The van der Waals surface area contributed by atoms with Crippen LogP contribution in [-0.4, -0.2) is 11.8 Å². The van der Waals surface area contributed by atoms with Gasteiger partial charge in [-0.1, -0.05) is 44.9 Å². The summed E-state index contributed by atoms with van der Waals surface area (Å²) >= 11 is 5.24. The van der Waals surface area contributed by atoms with E-state index in [-0.39, 0.29) is 5.24 Å². The maximum atomic E-state index is 10.5. The van der Waals surface area contributed by atoms with Gasteiger partial charge in [-0.2, -0.15) is 5.26 Å². The Kier molecular flexibility index (Phi) is 12.7. The van der Waals surface area contributed by atoms with E-state index in [1.807, 2.05) is 0 Å². The topological polar surface area (TPSA) is 50.1 Å². The van der Waals surface area contributed by atoms with Crippen molar-refractivity contribution in [3.8, 4) is 6.26 Å². The Bertz CT molecular complexity index is 226. The van der Waals surface area contributed by atoms with Gasteiger partial charge in [0.25, 0.3) is 6.26 Å². The fraction of sp³-hybridized carbons (Fsp3) is 0.846. The van der Waals surface area contributed by atoms with Crippen LogP contribution in [0, 0.1) is 11.5 Å². The van der Waals surface area contributed by atoms with Crippen molar-refractivity contribution in [3.63, 3.8) is 0 Å². The first-order valence-corrected chi connectivity index (χ1v) is 6.84. The molecular formula is C13H22ClNO2. The summed E-state index contributed by atoms with van der Waals surface area (Å²) in [6.45, 7) is 0.558. The van der Waals surface area contributed by atoms with E-state index < -0.39 is 0 Å². The molecule has 0 N–H and O–H groups in total. The molecule has 0 aliphatic rings. The fourth-order valence-corrected chi connectivity index (χ4v) is 1.85. The lowest BCUT2D eigenvalue weighted by molar-refractivity contribution is -0.111. The molecule has 0 spiro atoms. The maximum absolute atomic E-state index is 10.5. The lowest BCUT2D eigenvalue weighted by Crippen LogP contribution is -1.88. The molecular weight excluding hydrogens is 238 g/mol. The van der Waals surface area contributed by atoms with Gasteiger partial charge >= 0.3 is 0 Å². The second-order valence-electron chi connectivity index (χ2n) is 4.23. The molecule has 98 valence electrons. The number of carbonyl (C=O) groups is 1. The van der Waals surface area contributed by atoms with E-state index >= 15 is 0 Å². The Hall–Kier alpha value is -0.750. The van der Waals surface area contributed by atoms with E-state index in [0.717, 1.165) is 25.7 Å². The molecule has 0 atom stereocenters. The molecule has 0 aromatic heterocycles. The van der Waals surface area contributed by atoms with Gasteiger partial charge in [0.05, 0.1) is 0 Å². The van der Waals surface area contributed by atoms with Crippen LogP contribution in [-0.2, 0) is 9.53 Å². The minimum atomic E-state index is -0.218. The Morgan fingerprint density at radius 2 is 1.41 bits per heavy atom. The van der Waals surface area contributed by atoms with Crippen molar-refractivity contribution in [2.75, 3.05) is 6.61 Å². The van der Waals surface area contributed by atoms with Gasteiger partial charge in [-0.15, -0.1) is 0 Å². The van der Waals surface area contributed by atoms with Crippen LogP contribution in [0.2, 0.25) is 0 Å². The zero-order chi connectivity index (χ0) is 12.8. The van der Waals surface area contributed by atoms with E-state index in [2.05, 4.69) is 4.74 Å². The third-order valence-corrected chi connectivity index (χ3v) is 2.87. The molecule has 3 nitrogen and oxygen atoms in total. The predicted octanol–water partition coefficient (Wildman–Crippen LogP) is 4.15. The minimum absolute atomic E-state index is 0.218. The SMILES string of the molecule is N#COCCCCCCCCCCCC(=O)Cl. The third kappa shape index (κ3) is 15.2. The van der Waals surface area contributed by atoms with Crippen molar-refractivity contribution < 1.29 is 9.53 Å². The molecule has 0 aromatic carbocycles. The average molecular weight is 260 g/mol. The van der Waals surface area contributed by atoms with Gasteiger partial charge in [-0.05, 0) is 24.4 Å². The monoisotopic (exact) mass is 259 g/mol. The summed E-state index contributed by atoms with van der Waals surface area (Å²) in [5.74, 6) is 0. The van der Waals surface area contributed by atoms with Crippen molar-refractivity contribution >= 4 is 16.8 Å². The molecule has 0 heterocycles. The Morgan fingerprint density at radius 1 is 0.941 bits per heavy atom. The van der Waals surface area contributed by atoms with Crippen LogP contribution in [0.5, 0.6) is 0 Å². The smallest absolute Gasteiger partial charge is 0.286 e. The lowest BCUT2D eigenvalue weighted by Gasteiger charge is -2.01. The van der Waals surface area contributed by atoms with Crippen LogP contribution < -0.4 is 0 Å². The number of ether oxygens (including phenoxy) is 1. The summed E-state index contributed by atoms with van der Waals surface area (Å²) in [5.41, 5.74) is 0. The summed E-state index contributed by atoms with van der Waals surface area (Å²) < 4.78 is 4.59. The number of nitriles is 1. The van der Waals surface area contributed by atoms with Gasteiger partial charge in [0.15, 0.2) is 0 Å². The molecule has 0 saturated carbocycles. The largest absolute Gasteiger partial charge is 0.428 e.